The molecule has 1 amide bonds. The largest absolute Gasteiger partial charge is 0.494 e. The number of carbonyl (C=O) groups is 1. The van der Waals surface area contributed by atoms with Gasteiger partial charge >= 0.3 is 0 Å². The van der Waals surface area contributed by atoms with Crippen LogP contribution in [0.1, 0.15) is 39.5 Å². The lowest BCUT2D eigenvalue weighted by Gasteiger charge is -2.20. The highest BCUT2D eigenvalue weighted by atomic mass is 16.6. The van der Waals surface area contributed by atoms with E-state index in [-0.39, 0.29) is 28.3 Å². The lowest BCUT2D eigenvalue weighted by molar-refractivity contribution is -0.385. The zero-order chi connectivity index (χ0) is 21.0. The molecule has 0 radical (unpaired) electrons. The molecular formula is C19H20N6O4. The van der Waals surface area contributed by atoms with Crippen LogP contribution in [0, 0.1) is 10.1 Å². The minimum Gasteiger partial charge on any atom is -0.494 e. The van der Waals surface area contributed by atoms with Gasteiger partial charge in [0.05, 0.1) is 40.7 Å². The molecule has 0 aliphatic heterocycles. The Hall–Kier alpha value is -3.95. The summed E-state index contributed by atoms with van der Waals surface area (Å²) >= 11 is 0. The van der Waals surface area contributed by atoms with Gasteiger partial charge in [0, 0.05) is 12.0 Å². The quantitative estimate of drug-likeness (QED) is 0.298. The van der Waals surface area contributed by atoms with Gasteiger partial charge in [-0.1, -0.05) is 30.3 Å². The number of amides is 1. The molecule has 1 aromatic heterocycles. The number of H-pyrrole nitrogens is 1. The molecule has 0 bridgehead atoms. The van der Waals surface area contributed by atoms with Gasteiger partial charge in [0.2, 0.25) is 0 Å². The second kappa shape index (κ2) is 8.38. The Kier molecular flexibility index (Phi) is 5.72. The maximum Gasteiger partial charge on any atom is 0.277 e. The molecule has 0 aliphatic carbocycles. The lowest BCUT2D eigenvalue weighted by atomic mass is 9.86. The summed E-state index contributed by atoms with van der Waals surface area (Å²) in [6, 6.07) is 10.8. The zero-order valence-corrected chi connectivity index (χ0v) is 15.7. The van der Waals surface area contributed by atoms with Crippen LogP contribution in [0.25, 0.3) is 0 Å². The second-order valence-electron chi connectivity index (χ2n) is 6.40. The fourth-order valence-electron chi connectivity index (χ4n) is 3.36. The van der Waals surface area contributed by atoms with E-state index in [1.807, 2.05) is 30.3 Å². The molecule has 0 aliphatic rings. The van der Waals surface area contributed by atoms with Crippen molar-refractivity contribution in [3.63, 3.8) is 0 Å². The number of nitrogen functional groups attached to an aromatic ring is 1. The molecule has 150 valence electrons. The number of benzene rings is 2. The number of hydrogen-bond donors (Lipinski definition) is 3. The topological polar surface area (TPSA) is 163 Å². The number of nitro groups is 1. The van der Waals surface area contributed by atoms with Crippen molar-refractivity contribution in [2.24, 2.45) is 5.73 Å². The molecule has 1 unspecified atom stereocenters. The summed E-state index contributed by atoms with van der Waals surface area (Å²) in [7, 11) is 1.33. The summed E-state index contributed by atoms with van der Waals surface area (Å²) < 4.78 is 5.39. The standard InChI is InChI=1S/C19H20N6O4/c1-29-18-16(15(25(27)28)9-13(17(18)20)19(21)26)12(14-10-22-24-23-14)8-7-11-5-3-2-4-6-11/h2-6,9-10,12H,7-8,20H2,1H3,(H2,21,26)(H,22,23,24). The van der Waals surface area contributed by atoms with Crippen molar-refractivity contribution in [1.29, 1.82) is 0 Å². The van der Waals surface area contributed by atoms with Gasteiger partial charge in [-0.15, -0.1) is 0 Å². The molecule has 29 heavy (non-hydrogen) atoms. The van der Waals surface area contributed by atoms with Crippen LogP contribution in [0.4, 0.5) is 11.4 Å². The van der Waals surface area contributed by atoms with Crippen LogP contribution in [0.3, 0.4) is 0 Å². The van der Waals surface area contributed by atoms with E-state index in [0.29, 0.717) is 18.5 Å². The number of nitrogens with two attached hydrogens (primary N) is 2. The van der Waals surface area contributed by atoms with Crippen molar-refractivity contribution in [2.75, 3.05) is 12.8 Å². The Morgan fingerprint density at radius 2 is 2.07 bits per heavy atom. The number of rotatable bonds is 8. The molecule has 0 spiro atoms. The summed E-state index contributed by atoms with van der Waals surface area (Å²) in [5, 5.41) is 22.3. The van der Waals surface area contributed by atoms with E-state index in [1.54, 1.807) is 0 Å². The van der Waals surface area contributed by atoms with E-state index in [1.165, 1.54) is 13.3 Å². The maximum absolute atomic E-state index is 11.8. The molecule has 2 aromatic carbocycles. The van der Waals surface area contributed by atoms with Gasteiger partial charge in [0.15, 0.2) is 5.75 Å². The van der Waals surface area contributed by atoms with Crippen molar-refractivity contribution in [1.82, 2.24) is 15.4 Å². The van der Waals surface area contributed by atoms with Crippen molar-refractivity contribution in [3.05, 3.63) is 75.1 Å². The number of carbonyl (C=O) groups excluding carboxylic acids is 1. The van der Waals surface area contributed by atoms with Crippen LogP contribution in [-0.4, -0.2) is 33.4 Å². The Labute approximate surface area is 166 Å². The summed E-state index contributed by atoms with van der Waals surface area (Å²) in [6.45, 7) is 0. The van der Waals surface area contributed by atoms with Crippen LogP contribution < -0.4 is 16.2 Å². The first-order valence-corrected chi connectivity index (χ1v) is 8.78. The summed E-state index contributed by atoms with van der Waals surface area (Å²) in [4.78, 5) is 23.0. The fraction of sp³-hybridized carbons (Fsp3) is 0.211. The minimum atomic E-state index is -0.877. The van der Waals surface area contributed by atoms with Crippen LogP contribution in [0.2, 0.25) is 0 Å². The van der Waals surface area contributed by atoms with Crippen LogP contribution >= 0.6 is 0 Å². The average molecular weight is 396 g/mol. The number of nitrogens with one attached hydrogen (secondary N) is 1. The van der Waals surface area contributed by atoms with E-state index < -0.39 is 16.7 Å². The smallest absolute Gasteiger partial charge is 0.277 e. The molecule has 3 aromatic rings. The Morgan fingerprint density at radius 3 is 2.62 bits per heavy atom. The summed E-state index contributed by atoms with van der Waals surface area (Å²) in [5.41, 5.74) is 12.7. The molecule has 3 rings (SSSR count). The van der Waals surface area contributed by atoms with E-state index in [4.69, 9.17) is 16.2 Å². The average Bonchev–Trinajstić information content (AvgIpc) is 3.23. The molecule has 5 N–H and O–H groups in total. The first-order valence-electron chi connectivity index (χ1n) is 8.78. The van der Waals surface area contributed by atoms with E-state index in [0.717, 1.165) is 11.6 Å². The van der Waals surface area contributed by atoms with Gasteiger partial charge in [0.1, 0.15) is 0 Å². The molecule has 1 atom stereocenters. The Balaban J connectivity index is 2.17. The van der Waals surface area contributed by atoms with Crippen molar-refractivity contribution < 1.29 is 14.5 Å². The Bertz CT molecular complexity index is 1020. The van der Waals surface area contributed by atoms with Gasteiger partial charge < -0.3 is 16.2 Å². The third-order valence-electron chi connectivity index (χ3n) is 4.71. The molecule has 1 heterocycles. The predicted octanol–water partition coefficient (Wildman–Crippen LogP) is 2.17. The molecule has 0 saturated carbocycles. The second-order valence-corrected chi connectivity index (χ2v) is 6.40. The molecule has 0 fully saturated rings. The number of aryl methyl sites for hydroxylation is 1. The van der Waals surface area contributed by atoms with Crippen LogP contribution in [-0.2, 0) is 6.42 Å². The first-order chi connectivity index (χ1) is 13.9. The first kappa shape index (κ1) is 19.8. The molecule has 10 nitrogen and oxygen atoms in total. The molecule has 10 heteroatoms. The number of aromatic amines is 1. The van der Waals surface area contributed by atoms with Gasteiger partial charge in [-0.3, -0.25) is 14.9 Å². The lowest BCUT2D eigenvalue weighted by Crippen LogP contribution is -2.17. The summed E-state index contributed by atoms with van der Waals surface area (Å²) in [6.07, 6.45) is 2.59. The number of primary amides is 1. The predicted molar refractivity (Wildman–Crippen MR) is 106 cm³/mol. The van der Waals surface area contributed by atoms with E-state index >= 15 is 0 Å². The maximum atomic E-state index is 11.8. The highest BCUT2D eigenvalue weighted by molar-refractivity contribution is 6.00. The molecule has 0 saturated heterocycles. The third kappa shape index (κ3) is 4.00. The monoisotopic (exact) mass is 396 g/mol. The number of nitro benzene ring substituents is 1. The van der Waals surface area contributed by atoms with E-state index in [2.05, 4.69) is 15.4 Å². The Morgan fingerprint density at radius 1 is 1.34 bits per heavy atom. The van der Waals surface area contributed by atoms with Crippen molar-refractivity contribution in [3.8, 4) is 5.75 Å². The van der Waals surface area contributed by atoms with Gasteiger partial charge in [-0.2, -0.15) is 15.4 Å². The van der Waals surface area contributed by atoms with Crippen molar-refractivity contribution in [2.45, 2.75) is 18.8 Å². The van der Waals surface area contributed by atoms with E-state index in [9.17, 15) is 14.9 Å². The highest BCUT2D eigenvalue weighted by Gasteiger charge is 2.33. The van der Waals surface area contributed by atoms with Gasteiger partial charge in [0.25, 0.3) is 11.6 Å². The number of methoxy groups -OCH3 is 1. The highest BCUT2D eigenvalue weighted by Crippen LogP contribution is 2.45. The number of aromatic nitrogens is 3. The normalized spacial score (nSPS) is 11.8. The third-order valence-corrected chi connectivity index (χ3v) is 4.71. The zero-order valence-electron chi connectivity index (χ0n) is 15.7. The fourth-order valence-corrected chi connectivity index (χ4v) is 3.36. The minimum absolute atomic E-state index is 0.0362. The van der Waals surface area contributed by atoms with Gasteiger partial charge in [-0.25, -0.2) is 0 Å². The number of hydrogen-bond acceptors (Lipinski definition) is 7. The van der Waals surface area contributed by atoms with Crippen LogP contribution in [0.15, 0.2) is 42.6 Å². The SMILES string of the molecule is COc1c(N)c(C(N)=O)cc([N+](=O)[O-])c1C(CCc1ccccc1)c1cn[nH]n1. The number of anilines is 1. The van der Waals surface area contributed by atoms with Crippen LogP contribution in [0.5, 0.6) is 5.75 Å². The number of ether oxygens (including phenoxy) is 1. The van der Waals surface area contributed by atoms with Crippen molar-refractivity contribution >= 4 is 17.3 Å². The number of nitrogens with zero attached hydrogens (tertiary/aromatic N) is 3. The van der Waals surface area contributed by atoms with Gasteiger partial charge in [-0.05, 0) is 18.4 Å². The molecular weight excluding hydrogens is 376 g/mol. The summed E-state index contributed by atoms with van der Waals surface area (Å²) in [5.74, 6) is -1.39.